The van der Waals surface area contributed by atoms with E-state index in [1.54, 1.807) is 6.92 Å². The summed E-state index contributed by atoms with van der Waals surface area (Å²) in [6, 6.07) is 8.24. The Labute approximate surface area is 116 Å². The Morgan fingerprint density at radius 1 is 1.33 bits per heavy atom. The van der Waals surface area contributed by atoms with Gasteiger partial charge in [0.05, 0.1) is 0 Å². The molecule has 0 fully saturated rings. The first-order valence-electron chi connectivity index (χ1n) is 6.04. The van der Waals surface area contributed by atoms with Gasteiger partial charge in [-0.25, -0.2) is 0 Å². The molecular weight excluding hydrogens is 290 g/mol. The van der Waals surface area contributed by atoms with Crippen LogP contribution in [0.2, 0.25) is 0 Å². The molecule has 1 aliphatic rings. The number of hydrogen-bond donors (Lipinski definition) is 1. The van der Waals surface area contributed by atoms with Gasteiger partial charge in [0.2, 0.25) is 0 Å². The molecule has 0 aliphatic carbocycles. The van der Waals surface area contributed by atoms with Crippen LogP contribution in [0.25, 0.3) is 0 Å². The summed E-state index contributed by atoms with van der Waals surface area (Å²) in [5.41, 5.74) is 3.34. The monoisotopic (exact) mass is 305 g/mol. The minimum absolute atomic E-state index is 0.147. The van der Waals surface area contributed by atoms with Crippen LogP contribution in [0.15, 0.2) is 52.2 Å². The first kappa shape index (κ1) is 13.1. The van der Waals surface area contributed by atoms with Crippen molar-refractivity contribution in [2.75, 3.05) is 6.54 Å². The van der Waals surface area contributed by atoms with Gasteiger partial charge in [0, 0.05) is 16.6 Å². The van der Waals surface area contributed by atoms with Crippen LogP contribution in [0, 0.1) is 0 Å². The highest BCUT2D eigenvalue weighted by molar-refractivity contribution is 9.10. The topological polar surface area (TPSA) is 29.1 Å². The number of carbonyl (C=O) groups excluding carboxylic acids is 1. The fourth-order valence-electron chi connectivity index (χ4n) is 1.96. The SMILES string of the molecule is CC(=O)C1=CC(CCc2ccccc2Br)=CNC1. The van der Waals surface area contributed by atoms with Crippen LogP contribution in [0.3, 0.4) is 0 Å². The molecule has 94 valence electrons. The van der Waals surface area contributed by atoms with E-state index in [2.05, 4.69) is 33.4 Å². The largest absolute Gasteiger partial charge is 0.386 e. The predicted octanol–water partition coefficient (Wildman–Crippen LogP) is 3.38. The third-order valence-corrected chi connectivity index (χ3v) is 3.81. The third-order valence-electron chi connectivity index (χ3n) is 3.03. The van der Waals surface area contributed by atoms with Crippen molar-refractivity contribution >= 4 is 21.7 Å². The quantitative estimate of drug-likeness (QED) is 0.924. The first-order chi connectivity index (χ1) is 8.66. The number of Topliss-reactive ketones (excluding diaryl/α,β-unsaturated/α-hetero) is 1. The average Bonchev–Trinajstić information content (AvgIpc) is 2.38. The molecule has 1 N–H and O–H groups in total. The second-order valence-corrected chi connectivity index (χ2v) is 5.27. The van der Waals surface area contributed by atoms with Crippen LogP contribution in [0.4, 0.5) is 0 Å². The zero-order chi connectivity index (χ0) is 13.0. The molecule has 1 aromatic carbocycles. The Hall–Kier alpha value is -1.35. The van der Waals surface area contributed by atoms with Crippen LogP contribution in [-0.2, 0) is 11.2 Å². The number of carbonyl (C=O) groups is 1. The van der Waals surface area contributed by atoms with E-state index in [0.29, 0.717) is 6.54 Å². The van der Waals surface area contributed by atoms with Crippen LogP contribution in [0.1, 0.15) is 18.9 Å². The summed E-state index contributed by atoms with van der Waals surface area (Å²) in [5.74, 6) is 0.147. The van der Waals surface area contributed by atoms with Crippen LogP contribution in [-0.4, -0.2) is 12.3 Å². The molecule has 1 aliphatic heterocycles. The van der Waals surface area contributed by atoms with Gasteiger partial charge in [0.25, 0.3) is 0 Å². The van der Waals surface area contributed by atoms with Gasteiger partial charge in [-0.15, -0.1) is 0 Å². The molecule has 1 aromatic rings. The molecule has 0 atom stereocenters. The van der Waals surface area contributed by atoms with E-state index in [4.69, 9.17) is 0 Å². The maximum Gasteiger partial charge on any atom is 0.157 e. The Morgan fingerprint density at radius 2 is 2.11 bits per heavy atom. The first-order valence-corrected chi connectivity index (χ1v) is 6.83. The molecule has 0 saturated carbocycles. The number of dihydropyridines is 1. The Balaban J connectivity index is 2.01. The number of nitrogens with one attached hydrogen (secondary N) is 1. The molecule has 2 nitrogen and oxygen atoms in total. The summed E-state index contributed by atoms with van der Waals surface area (Å²) >= 11 is 3.55. The van der Waals surface area contributed by atoms with Gasteiger partial charge in [-0.1, -0.05) is 34.1 Å². The van der Waals surface area contributed by atoms with E-state index in [0.717, 1.165) is 22.9 Å². The average molecular weight is 306 g/mol. The smallest absolute Gasteiger partial charge is 0.157 e. The fraction of sp³-hybridized carbons (Fsp3) is 0.267. The van der Waals surface area contributed by atoms with E-state index in [9.17, 15) is 4.79 Å². The van der Waals surface area contributed by atoms with Crippen LogP contribution < -0.4 is 5.32 Å². The molecule has 0 aromatic heterocycles. The standard InChI is InChI=1S/C15H16BrNO/c1-11(18)14-8-12(9-17-10-14)6-7-13-4-2-3-5-15(13)16/h2-5,8-9,17H,6-7,10H2,1H3. The van der Waals surface area contributed by atoms with Crippen molar-refractivity contribution in [2.45, 2.75) is 19.8 Å². The Bertz CT molecular complexity index is 517. The lowest BCUT2D eigenvalue weighted by Crippen LogP contribution is -2.19. The summed E-state index contributed by atoms with van der Waals surface area (Å²) in [4.78, 5) is 11.3. The van der Waals surface area contributed by atoms with Gasteiger partial charge in [0.1, 0.15) is 0 Å². The van der Waals surface area contributed by atoms with Crippen molar-refractivity contribution in [1.82, 2.24) is 5.32 Å². The number of allylic oxidation sites excluding steroid dienone is 2. The number of benzene rings is 1. The van der Waals surface area contributed by atoms with Crippen molar-refractivity contribution in [1.29, 1.82) is 0 Å². The zero-order valence-electron chi connectivity index (χ0n) is 10.4. The number of halogens is 1. The van der Waals surface area contributed by atoms with Gasteiger partial charge in [-0.2, -0.15) is 0 Å². The molecule has 3 heteroatoms. The second kappa shape index (κ2) is 6.01. The lowest BCUT2D eigenvalue weighted by atomic mass is 10.00. The minimum Gasteiger partial charge on any atom is -0.386 e. The van der Waals surface area contributed by atoms with E-state index in [1.807, 2.05) is 24.4 Å². The van der Waals surface area contributed by atoms with Crippen LogP contribution >= 0.6 is 15.9 Å². The van der Waals surface area contributed by atoms with Gasteiger partial charge in [-0.3, -0.25) is 4.79 Å². The van der Waals surface area contributed by atoms with Crippen LogP contribution in [0.5, 0.6) is 0 Å². The highest BCUT2D eigenvalue weighted by atomic mass is 79.9. The molecule has 1 heterocycles. The normalized spacial score (nSPS) is 14.6. The van der Waals surface area contributed by atoms with Crippen molar-refractivity contribution < 1.29 is 4.79 Å². The van der Waals surface area contributed by atoms with E-state index >= 15 is 0 Å². The summed E-state index contributed by atoms with van der Waals surface area (Å²) in [6.07, 6.45) is 5.92. The second-order valence-electron chi connectivity index (χ2n) is 4.42. The molecular formula is C15H16BrNO. The number of rotatable bonds is 4. The predicted molar refractivity (Wildman–Crippen MR) is 77.3 cm³/mol. The maximum atomic E-state index is 11.3. The summed E-state index contributed by atoms with van der Waals surface area (Å²) in [5, 5.41) is 3.15. The third kappa shape index (κ3) is 3.33. The molecule has 0 saturated heterocycles. The molecule has 0 spiro atoms. The number of aryl methyl sites for hydroxylation is 1. The van der Waals surface area contributed by atoms with Gasteiger partial charge in [0.15, 0.2) is 5.78 Å². The van der Waals surface area contributed by atoms with E-state index < -0.39 is 0 Å². The summed E-state index contributed by atoms with van der Waals surface area (Å²) in [6.45, 7) is 2.26. The van der Waals surface area contributed by atoms with Gasteiger partial charge in [-0.05, 0) is 49.2 Å². The molecule has 0 radical (unpaired) electrons. The zero-order valence-corrected chi connectivity index (χ0v) is 12.0. The number of hydrogen-bond acceptors (Lipinski definition) is 2. The molecule has 0 unspecified atom stereocenters. The minimum atomic E-state index is 0.147. The van der Waals surface area contributed by atoms with Crippen molar-refractivity contribution in [3.8, 4) is 0 Å². The lowest BCUT2D eigenvalue weighted by molar-refractivity contribution is -0.113. The van der Waals surface area contributed by atoms with Gasteiger partial charge < -0.3 is 5.32 Å². The number of ketones is 1. The Kier molecular flexibility index (Phi) is 4.37. The Morgan fingerprint density at radius 3 is 2.83 bits per heavy atom. The lowest BCUT2D eigenvalue weighted by Gasteiger charge is -2.14. The highest BCUT2D eigenvalue weighted by Crippen LogP contribution is 2.20. The van der Waals surface area contributed by atoms with Gasteiger partial charge >= 0.3 is 0 Å². The molecule has 0 bridgehead atoms. The fourth-order valence-corrected chi connectivity index (χ4v) is 2.44. The highest BCUT2D eigenvalue weighted by Gasteiger charge is 2.09. The maximum absolute atomic E-state index is 11.3. The summed E-state index contributed by atoms with van der Waals surface area (Å²) < 4.78 is 1.14. The summed E-state index contributed by atoms with van der Waals surface area (Å²) in [7, 11) is 0. The van der Waals surface area contributed by atoms with E-state index in [-0.39, 0.29) is 5.78 Å². The van der Waals surface area contributed by atoms with Crippen molar-refractivity contribution in [3.05, 3.63) is 57.7 Å². The van der Waals surface area contributed by atoms with Crippen molar-refractivity contribution in [3.63, 3.8) is 0 Å². The van der Waals surface area contributed by atoms with Crippen molar-refractivity contribution in [2.24, 2.45) is 0 Å². The molecule has 0 amide bonds. The van der Waals surface area contributed by atoms with E-state index in [1.165, 1.54) is 11.1 Å². The molecule has 18 heavy (non-hydrogen) atoms. The molecule has 2 rings (SSSR count).